The normalized spacial score (nSPS) is 22.6. The Balaban J connectivity index is 1.46. The fourth-order valence-electron chi connectivity index (χ4n) is 5.53. The number of hydrogen-bond acceptors (Lipinski definition) is 8. The van der Waals surface area contributed by atoms with E-state index in [1.165, 1.54) is 12.1 Å². The topological polar surface area (TPSA) is 80.5 Å². The molecule has 5 rings (SSSR count). The van der Waals surface area contributed by atoms with E-state index in [2.05, 4.69) is 28.2 Å². The number of nitriles is 1. The van der Waals surface area contributed by atoms with Crippen molar-refractivity contribution < 1.29 is 17.9 Å². The van der Waals surface area contributed by atoms with E-state index in [-0.39, 0.29) is 30.3 Å². The Morgan fingerprint density at radius 2 is 2.00 bits per heavy atom. The monoisotopic (exact) mass is 515 g/mol. The van der Waals surface area contributed by atoms with E-state index in [0.717, 1.165) is 49.9 Å². The van der Waals surface area contributed by atoms with Gasteiger partial charge in [0, 0.05) is 49.5 Å². The summed E-state index contributed by atoms with van der Waals surface area (Å²) in [5.41, 5.74) is 1.16. The SMILES string of the molecule is CN1CCC[C@H]1COc1nc2c(c(N3CCNC(CC#N)C3)n1)CCN(c1ccccc1C(F)(F)F)C2. The van der Waals surface area contributed by atoms with Gasteiger partial charge in [0.05, 0.1) is 30.3 Å². The van der Waals surface area contributed by atoms with Gasteiger partial charge in [0.2, 0.25) is 0 Å². The fourth-order valence-corrected chi connectivity index (χ4v) is 5.53. The van der Waals surface area contributed by atoms with Gasteiger partial charge in [0.1, 0.15) is 12.4 Å². The minimum absolute atomic E-state index is 0.0274. The van der Waals surface area contributed by atoms with Crippen LogP contribution in [0.15, 0.2) is 24.3 Å². The molecule has 4 heterocycles. The van der Waals surface area contributed by atoms with E-state index in [9.17, 15) is 18.4 Å². The van der Waals surface area contributed by atoms with Crippen LogP contribution in [0.4, 0.5) is 24.7 Å². The molecule has 2 saturated heterocycles. The molecule has 0 amide bonds. The van der Waals surface area contributed by atoms with Gasteiger partial charge in [-0.2, -0.15) is 28.4 Å². The van der Waals surface area contributed by atoms with Crippen LogP contribution in [0.5, 0.6) is 6.01 Å². The highest BCUT2D eigenvalue weighted by molar-refractivity contribution is 5.59. The number of benzene rings is 1. The first-order valence-electron chi connectivity index (χ1n) is 12.8. The van der Waals surface area contributed by atoms with Gasteiger partial charge >= 0.3 is 12.2 Å². The highest BCUT2D eigenvalue weighted by atomic mass is 19.4. The average molecular weight is 516 g/mol. The van der Waals surface area contributed by atoms with E-state index in [1.807, 2.05) is 0 Å². The zero-order valence-electron chi connectivity index (χ0n) is 21.0. The summed E-state index contributed by atoms with van der Waals surface area (Å²) in [5.74, 6) is 0.771. The molecule has 1 aromatic heterocycles. The number of likely N-dealkylation sites (tertiary alicyclic amines) is 1. The number of halogens is 3. The molecule has 0 saturated carbocycles. The number of likely N-dealkylation sites (N-methyl/N-ethyl adjacent to an activating group) is 1. The summed E-state index contributed by atoms with van der Waals surface area (Å²) in [6.07, 6.45) is -1.36. The molecule has 0 spiro atoms. The van der Waals surface area contributed by atoms with Crippen LogP contribution in [0, 0.1) is 11.3 Å². The number of hydrogen-bond donors (Lipinski definition) is 1. The maximum Gasteiger partial charge on any atom is 0.418 e. The number of nitrogens with zero attached hydrogens (tertiary/aromatic N) is 6. The fraction of sp³-hybridized carbons (Fsp3) is 0.577. The third-order valence-electron chi connectivity index (χ3n) is 7.54. The van der Waals surface area contributed by atoms with Gasteiger partial charge in [-0.05, 0) is 45.0 Å². The second-order valence-corrected chi connectivity index (χ2v) is 9.99. The molecule has 1 aromatic carbocycles. The Hall–Kier alpha value is -3.10. The van der Waals surface area contributed by atoms with E-state index in [1.54, 1.807) is 11.0 Å². The lowest BCUT2D eigenvalue weighted by Gasteiger charge is -2.37. The van der Waals surface area contributed by atoms with Crippen molar-refractivity contribution in [1.29, 1.82) is 5.26 Å². The summed E-state index contributed by atoms with van der Waals surface area (Å²) in [6, 6.07) is 8.50. The predicted octanol–water partition coefficient (Wildman–Crippen LogP) is 3.22. The minimum atomic E-state index is -4.44. The van der Waals surface area contributed by atoms with E-state index < -0.39 is 11.7 Å². The minimum Gasteiger partial charge on any atom is -0.462 e. The lowest BCUT2D eigenvalue weighted by atomic mass is 10.0. The molecular weight excluding hydrogens is 483 g/mol. The molecule has 0 bridgehead atoms. The first-order chi connectivity index (χ1) is 17.8. The zero-order valence-corrected chi connectivity index (χ0v) is 21.0. The Bertz CT molecular complexity index is 1150. The summed E-state index contributed by atoms with van der Waals surface area (Å²) in [4.78, 5) is 15.7. The Labute approximate surface area is 215 Å². The number of ether oxygens (including phenoxy) is 1. The van der Waals surface area contributed by atoms with Gasteiger partial charge in [0.15, 0.2) is 0 Å². The molecule has 3 aliphatic rings. The number of fused-ring (bicyclic) bond motifs is 1. The number of nitrogens with one attached hydrogen (secondary N) is 1. The van der Waals surface area contributed by atoms with Crippen molar-refractivity contribution in [2.75, 3.05) is 56.2 Å². The number of piperazine rings is 1. The standard InChI is InChI=1S/C26H32F3N7O/c1-34-12-4-5-19(34)17-37-25-32-22-16-35(23-7-3-2-6-21(23)26(27,28)29)13-9-20(22)24(33-25)36-14-11-31-18(15-36)8-10-30/h2-3,6-7,18-19,31H,4-5,8-9,11-17H2,1H3/t18?,19-/m0/s1. The van der Waals surface area contributed by atoms with Crippen LogP contribution in [-0.4, -0.2) is 73.3 Å². The molecule has 2 fully saturated rings. The summed E-state index contributed by atoms with van der Waals surface area (Å²) in [7, 11) is 2.08. The molecule has 1 N–H and O–H groups in total. The zero-order chi connectivity index (χ0) is 26.0. The van der Waals surface area contributed by atoms with Crippen molar-refractivity contribution in [1.82, 2.24) is 20.2 Å². The van der Waals surface area contributed by atoms with Crippen molar-refractivity contribution >= 4 is 11.5 Å². The maximum atomic E-state index is 13.7. The Kier molecular flexibility index (Phi) is 7.40. The van der Waals surface area contributed by atoms with Crippen LogP contribution >= 0.6 is 0 Å². The first kappa shape index (κ1) is 25.5. The van der Waals surface area contributed by atoms with Crippen molar-refractivity contribution in [3.63, 3.8) is 0 Å². The quantitative estimate of drug-likeness (QED) is 0.628. The highest BCUT2D eigenvalue weighted by Crippen LogP contribution is 2.39. The molecule has 0 radical (unpaired) electrons. The molecular formula is C26H32F3N7O. The number of para-hydroxylation sites is 1. The molecule has 0 aliphatic carbocycles. The van der Waals surface area contributed by atoms with Crippen LogP contribution in [0.3, 0.4) is 0 Å². The molecule has 1 unspecified atom stereocenters. The molecule has 11 heteroatoms. The Morgan fingerprint density at radius 1 is 1.16 bits per heavy atom. The first-order valence-corrected chi connectivity index (χ1v) is 12.8. The van der Waals surface area contributed by atoms with Crippen LogP contribution in [0.25, 0.3) is 0 Å². The van der Waals surface area contributed by atoms with Crippen molar-refractivity contribution in [2.45, 2.75) is 50.5 Å². The lowest BCUT2D eigenvalue weighted by molar-refractivity contribution is -0.137. The smallest absolute Gasteiger partial charge is 0.418 e. The molecule has 198 valence electrons. The second-order valence-electron chi connectivity index (χ2n) is 9.99. The van der Waals surface area contributed by atoms with Crippen molar-refractivity contribution in [3.05, 3.63) is 41.1 Å². The summed E-state index contributed by atoms with van der Waals surface area (Å²) in [5, 5.41) is 12.6. The van der Waals surface area contributed by atoms with Gasteiger partial charge in [-0.1, -0.05) is 12.1 Å². The van der Waals surface area contributed by atoms with Crippen LogP contribution in [-0.2, 0) is 19.1 Å². The second kappa shape index (κ2) is 10.7. The van der Waals surface area contributed by atoms with E-state index in [0.29, 0.717) is 38.2 Å². The molecule has 3 aliphatic heterocycles. The lowest BCUT2D eigenvalue weighted by Crippen LogP contribution is -2.51. The highest BCUT2D eigenvalue weighted by Gasteiger charge is 2.36. The van der Waals surface area contributed by atoms with Gasteiger partial charge in [0.25, 0.3) is 0 Å². The molecule has 2 aromatic rings. The summed E-state index contributed by atoms with van der Waals surface area (Å²) < 4.78 is 47.3. The molecule has 2 atom stereocenters. The summed E-state index contributed by atoms with van der Waals surface area (Å²) in [6.45, 7) is 4.23. The summed E-state index contributed by atoms with van der Waals surface area (Å²) >= 11 is 0. The van der Waals surface area contributed by atoms with E-state index in [4.69, 9.17) is 14.7 Å². The number of anilines is 2. The average Bonchev–Trinajstić information content (AvgIpc) is 3.31. The molecule has 8 nitrogen and oxygen atoms in total. The van der Waals surface area contributed by atoms with Crippen LogP contribution in [0.1, 0.15) is 36.1 Å². The number of rotatable bonds is 6. The largest absolute Gasteiger partial charge is 0.462 e. The van der Waals surface area contributed by atoms with E-state index >= 15 is 0 Å². The van der Waals surface area contributed by atoms with Gasteiger partial charge in [-0.15, -0.1) is 0 Å². The third-order valence-corrected chi connectivity index (χ3v) is 7.54. The van der Waals surface area contributed by atoms with Crippen LogP contribution < -0.4 is 19.9 Å². The molecule has 37 heavy (non-hydrogen) atoms. The predicted molar refractivity (Wildman–Crippen MR) is 134 cm³/mol. The maximum absolute atomic E-state index is 13.7. The van der Waals surface area contributed by atoms with Crippen molar-refractivity contribution in [2.24, 2.45) is 0 Å². The van der Waals surface area contributed by atoms with Gasteiger partial charge < -0.3 is 24.8 Å². The van der Waals surface area contributed by atoms with Crippen molar-refractivity contribution in [3.8, 4) is 12.1 Å². The van der Waals surface area contributed by atoms with Crippen LogP contribution in [0.2, 0.25) is 0 Å². The Morgan fingerprint density at radius 3 is 2.76 bits per heavy atom. The van der Waals surface area contributed by atoms with Gasteiger partial charge in [-0.25, -0.2) is 0 Å². The third kappa shape index (κ3) is 5.60. The number of alkyl halides is 3. The number of aromatic nitrogens is 2. The van der Waals surface area contributed by atoms with Gasteiger partial charge in [-0.3, -0.25) is 0 Å².